The molecule has 0 radical (unpaired) electrons. The first-order valence-corrected chi connectivity index (χ1v) is 8.59. The molecule has 0 fully saturated rings. The molecule has 1 aromatic carbocycles. The van der Waals surface area contributed by atoms with Crippen molar-refractivity contribution in [2.45, 2.75) is 19.8 Å². The Morgan fingerprint density at radius 1 is 1.20 bits per heavy atom. The standard InChI is InChI=1S/C17H21N3O4S/c1-11(21)19-17-20-13(10-25-17)9-16(22)18-7-6-12-4-5-14(23-2)15(8-12)24-3/h4-5,8,10H,6-7,9H2,1-3H3,(H,18,22)(H,19,20,21). The lowest BCUT2D eigenvalue weighted by Gasteiger charge is -2.10. The van der Waals surface area contributed by atoms with Crippen LogP contribution < -0.4 is 20.1 Å². The Hall–Kier alpha value is -2.61. The minimum atomic E-state index is -0.180. The number of carbonyl (C=O) groups is 2. The Kier molecular flexibility index (Phi) is 6.76. The summed E-state index contributed by atoms with van der Waals surface area (Å²) in [5, 5.41) is 7.72. The average Bonchev–Trinajstić information content (AvgIpc) is 3.00. The van der Waals surface area contributed by atoms with E-state index in [2.05, 4.69) is 15.6 Å². The smallest absolute Gasteiger partial charge is 0.226 e. The molecule has 0 unspecified atom stereocenters. The van der Waals surface area contributed by atoms with Gasteiger partial charge in [-0.15, -0.1) is 11.3 Å². The summed E-state index contributed by atoms with van der Waals surface area (Å²) in [5.74, 6) is 1.05. The van der Waals surface area contributed by atoms with Gasteiger partial charge in [-0.25, -0.2) is 4.98 Å². The summed E-state index contributed by atoms with van der Waals surface area (Å²) in [6.45, 7) is 1.93. The van der Waals surface area contributed by atoms with Crippen LogP contribution in [0.1, 0.15) is 18.2 Å². The molecule has 2 N–H and O–H groups in total. The van der Waals surface area contributed by atoms with Crippen molar-refractivity contribution < 1.29 is 19.1 Å². The molecule has 0 saturated carbocycles. The summed E-state index contributed by atoms with van der Waals surface area (Å²) < 4.78 is 10.5. The zero-order chi connectivity index (χ0) is 18.2. The van der Waals surface area contributed by atoms with Gasteiger partial charge in [-0.05, 0) is 24.1 Å². The van der Waals surface area contributed by atoms with E-state index in [9.17, 15) is 9.59 Å². The second-order valence-electron chi connectivity index (χ2n) is 5.29. The van der Waals surface area contributed by atoms with Crippen molar-refractivity contribution in [2.24, 2.45) is 0 Å². The van der Waals surface area contributed by atoms with Gasteiger partial charge < -0.3 is 20.1 Å². The molecule has 1 heterocycles. The second kappa shape index (κ2) is 9.03. The van der Waals surface area contributed by atoms with Crippen molar-refractivity contribution in [1.82, 2.24) is 10.3 Å². The molecule has 0 aliphatic rings. The van der Waals surface area contributed by atoms with Crippen LogP contribution in [0.4, 0.5) is 5.13 Å². The van der Waals surface area contributed by atoms with E-state index < -0.39 is 0 Å². The molecule has 0 spiro atoms. The van der Waals surface area contributed by atoms with E-state index in [1.165, 1.54) is 18.3 Å². The van der Waals surface area contributed by atoms with Crippen LogP contribution in [0, 0.1) is 0 Å². The predicted octanol–water partition coefficient (Wildman–Crippen LogP) is 2.02. The minimum absolute atomic E-state index is 0.111. The Balaban J connectivity index is 1.80. The van der Waals surface area contributed by atoms with Crippen LogP contribution in [0.5, 0.6) is 11.5 Å². The number of amides is 2. The number of benzene rings is 1. The molecule has 0 bridgehead atoms. The van der Waals surface area contributed by atoms with Gasteiger partial charge in [0.2, 0.25) is 11.8 Å². The number of carbonyl (C=O) groups excluding carboxylic acids is 2. The summed E-state index contributed by atoms with van der Waals surface area (Å²) in [6, 6.07) is 5.67. The highest BCUT2D eigenvalue weighted by Gasteiger charge is 2.09. The first-order valence-electron chi connectivity index (χ1n) is 7.71. The van der Waals surface area contributed by atoms with E-state index in [0.717, 1.165) is 5.56 Å². The van der Waals surface area contributed by atoms with Crippen molar-refractivity contribution in [3.8, 4) is 11.5 Å². The average molecular weight is 363 g/mol. The quantitative estimate of drug-likeness (QED) is 0.749. The predicted molar refractivity (Wildman–Crippen MR) is 96.4 cm³/mol. The largest absolute Gasteiger partial charge is 0.493 e. The van der Waals surface area contributed by atoms with E-state index in [-0.39, 0.29) is 18.2 Å². The highest BCUT2D eigenvalue weighted by atomic mass is 32.1. The molecule has 0 atom stereocenters. The monoisotopic (exact) mass is 363 g/mol. The second-order valence-corrected chi connectivity index (χ2v) is 6.15. The molecule has 134 valence electrons. The summed E-state index contributed by atoms with van der Waals surface area (Å²) in [4.78, 5) is 27.1. The Bertz CT molecular complexity index is 745. The van der Waals surface area contributed by atoms with Crippen LogP contribution >= 0.6 is 11.3 Å². The molecule has 25 heavy (non-hydrogen) atoms. The van der Waals surface area contributed by atoms with E-state index in [1.807, 2.05) is 18.2 Å². The first-order chi connectivity index (χ1) is 12.0. The topological polar surface area (TPSA) is 89.6 Å². The van der Waals surface area contributed by atoms with Crippen molar-refractivity contribution in [1.29, 1.82) is 0 Å². The van der Waals surface area contributed by atoms with Crippen molar-refractivity contribution in [2.75, 3.05) is 26.1 Å². The Morgan fingerprint density at radius 2 is 1.96 bits per heavy atom. The minimum Gasteiger partial charge on any atom is -0.493 e. The number of methoxy groups -OCH3 is 2. The highest BCUT2D eigenvalue weighted by molar-refractivity contribution is 7.13. The van der Waals surface area contributed by atoms with Gasteiger partial charge in [0.25, 0.3) is 0 Å². The van der Waals surface area contributed by atoms with Gasteiger partial charge in [0.1, 0.15) is 0 Å². The van der Waals surface area contributed by atoms with Gasteiger partial charge in [-0.1, -0.05) is 6.07 Å². The van der Waals surface area contributed by atoms with Crippen LogP contribution in [0.15, 0.2) is 23.6 Å². The molecule has 7 nitrogen and oxygen atoms in total. The number of nitrogens with one attached hydrogen (secondary N) is 2. The van der Waals surface area contributed by atoms with Crippen molar-refractivity contribution in [3.63, 3.8) is 0 Å². The number of ether oxygens (including phenoxy) is 2. The Morgan fingerprint density at radius 3 is 2.64 bits per heavy atom. The van der Waals surface area contributed by atoms with Gasteiger partial charge in [0, 0.05) is 18.8 Å². The van der Waals surface area contributed by atoms with E-state index in [0.29, 0.717) is 35.3 Å². The zero-order valence-electron chi connectivity index (χ0n) is 14.4. The molecule has 2 rings (SSSR count). The Labute approximate surface area is 150 Å². The molecule has 0 aliphatic heterocycles. The summed E-state index contributed by atoms with van der Waals surface area (Å²) in [6.07, 6.45) is 0.863. The number of aromatic nitrogens is 1. The van der Waals surface area contributed by atoms with Gasteiger partial charge in [0.15, 0.2) is 16.6 Å². The lowest BCUT2D eigenvalue weighted by atomic mass is 10.1. The third kappa shape index (κ3) is 5.75. The lowest BCUT2D eigenvalue weighted by Crippen LogP contribution is -2.27. The number of thiazole rings is 1. The van der Waals surface area contributed by atoms with Gasteiger partial charge >= 0.3 is 0 Å². The fourth-order valence-electron chi connectivity index (χ4n) is 2.21. The molecule has 1 aromatic heterocycles. The maximum absolute atomic E-state index is 12.0. The van der Waals surface area contributed by atoms with Crippen molar-refractivity contribution >= 4 is 28.3 Å². The van der Waals surface area contributed by atoms with Crippen molar-refractivity contribution in [3.05, 3.63) is 34.8 Å². The van der Waals surface area contributed by atoms with Crippen LogP contribution in [0.25, 0.3) is 0 Å². The van der Waals surface area contributed by atoms with Gasteiger partial charge in [0.05, 0.1) is 26.3 Å². The molecule has 0 aliphatic carbocycles. The van der Waals surface area contributed by atoms with E-state index >= 15 is 0 Å². The third-order valence-electron chi connectivity index (χ3n) is 3.36. The van der Waals surface area contributed by atoms with Crippen LogP contribution in [-0.4, -0.2) is 37.6 Å². The lowest BCUT2D eigenvalue weighted by molar-refractivity contribution is -0.120. The maximum atomic E-state index is 12.0. The van der Waals surface area contributed by atoms with Crippen LogP contribution in [0.2, 0.25) is 0 Å². The molecular weight excluding hydrogens is 342 g/mol. The number of hydrogen-bond acceptors (Lipinski definition) is 6. The van der Waals surface area contributed by atoms with Crippen LogP contribution in [-0.2, 0) is 22.4 Å². The number of nitrogens with zero attached hydrogens (tertiary/aromatic N) is 1. The third-order valence-corrected chi connectivity index (χ3v) is 4.17. The first kappa shape index (κ1) is 18.7. The normalized spacial score (nSPS) is 10.2. The van der Waals surface area contributed by atoms with Crippen LogP contribution in [0.3, 0.4) is 0 Å². The summed E-state index contributed by atoms with van der Waals surface area (Å²) in [7, 11) is 3.18. The molecule has 0 saturated heterocycles. The number of hydrogen-bond donors (Lipinski definition) is 2. The fourth-order valence-corrected chi connectivity index (χ4v) is 2.96. The SMILES string of the molecule is COc1ccc(CCNC(=O)Cc2csc(NC(C)=O)n2)cc1OC. The molecule has 2 aromatic rings. The summed E-state index contributed by atoms with van der Waals surface area (Å²) >= 11 is 1.30. The highest BCUT2D eigenvalue weighted by Crippen LogP contribution is 2.27. The molecule has 2 amide bonds. The number of anilines is 1. The van der Waals surface area contributed by atoms with E-state index in [1.54, 1.807) is 19.6 Å². The fraction of sp³-hybridized carbons (Fsp3) is 0.353. The molecular formula is C17H21N3O4S. The summed E-state index contributed by atoms with van der Waals surface area (Å²) in [5.41, 5.74) is 1.68. The number of rotatable bonds is 8. The van der Waals surface area contributed by atoms with E-state index in [4.69, 9.17) is 9.47 Å². The van der Waals surface area contributed by atoms with Gasteiger partial charge in [-0.2, -0.15) is 0 Å². The molecule has 8 heteroatoms. The zero-order valence-corrected chi connectivity index (χ0v) is 15.2. The van der Waals surface area contributed by atoms with Gasteiger partial charge in [-0.3, -0.25) is 9.59 Å². The maximum Gasteiger partial charge on any atom is 0.226 e.